The molecule has 0 spiro atoms. The molecule has 0 amide bonds. The Morgan fingerprint density at radius 3 is 1.74 bits per heavy atom. The molecule has 0 saturated carbocycles. The largest absolute Gasteiger partial charge is 0.472 e. The van der Waals surface area contributed by atoms with Crippen molar-refractivity contribution < 1.29 is 9.84 Å². The molecule has 0 saturated heterocycles. The molecule has 1 aliphatic rings. The Hall–Kier alpha value is -4.14. The third-order valence-electron chi connectivity index (χ3n) is 6.69. The van der Waals surface area contributed by atoms with Gasteiger partial charge in [0.15, 0.2) is 5.60 Å². The topological polar surface area (TPSA) is 29.5 Å². The predicted octanol–water partition coefficient (Wildman–Crippen LogP) is 7.35. The Labute approximate surface area is 199 Å². The van der Waals surface area contributed by atoms with Gasteiger partial charge in [-0.25, -0.2) is 0 Å². The smallest absolute Gasteiger partial charge is 0.178 e. The minimum atomic E-state index is -0.765. The number of ether oxygens (including phenoxy) is 1. The first-order chi connectivity index (χ1) is 16.8. The highest BCUT2D eigenvalue weighted by Gasteiger charge is 2.38. The molecular weight excluding hydrogens is 416 g/mol. The van der Waals surface area contributed by atoms with Crippen LogP contribution in [0.25, 0.3) is 28.0 Å². The first kappa shape index (κ1) is 20.5. The zero-order valence-corrected chi connectivity index (χ0v) is 18.7. The summed E-state index contributed by atoms with van der Waals surface area (Å²) in [7, 11) is 0. The summed E-state index contributed by atoms with van der Waals surface area (Å²) < 4.78 is 7.04. The lowest BCUT2D eigenvalue weighted by atomic mass is 9.81. The van der Waals surface area contributed by atoms with Gasteiger partial charge in [0.1, 0.15) is 5.75 Å². The highest BCUT2D eigenvalue weighted by molar-refractivity contribution is 6.05. The number of hydrogen-bond acceptors (Lipinski definition) is 2. The molecule has 164 valence electrons. The normalized spacial score (nSPS) is 13.9. The summed E-state index contributed by atoms with van der Waals surface area (Å²) >= 11 is 0. The van der Waals surface area contributed by atoms with Gasteiger partial charge in [0.2, 0.25) is 0 Å². The molecule has 0 bridgehead atoms. The molecule has 5 aromatic rings. The monoisotopic (exact) mass is 440 g/mol. The first-order valence-electron chi connectivity index (χ1n) is 11.5. The third-order valence-corrected chi connectivity index (χ3v) is 6.69. The van der Waals surface area contributed by atoms with Crippen molar-refractivity contribution in [2.75, 3.05) is 0 Å². The van der Waals surface area contributed by atoms with Crippen LogP contribution in [-0.2, 0) is 12.2 Å². The van der Waals surface area contributed by atoms with Crippen molar-refractivity contribution in [3.8, 4) is 16.9 Å². The third kappa shape index (κ3) is 3.15. The molecule has 6 rings (SSSR count). The molecule has 0 radical (unpaired) electrons. The van der Waals surface area contributed by atoms with E-state index in [4.69, 9.17) is 4.74 Å². The van der Waals surface area contributed by atoms with Crippen molar-refractivity contribution in [1.29, 1.82) is 0 Å². The lowest BCUT2D eigenvalue weighted by Crippen LogP contribution is -2.34. The summed E-state index contributed by atoms with van der Waals surface area (Å²) in [6.07, 6.45) is 4.26. The van der Waals surface area contributed by atoms with Gasteiger partial charge in [-0.1, -0.05) is 121 Å². The van der Waals surface area contributed by atoms with Crippen molar-refractivity contribution in [3.05, 3.63) is 144 Å². The number of aliphatic hydroxyl groups excluding tert-OH is 1. The van der Waals surface area contributed by atoms with E-state index in [-0.39, 0.29) is 6.61 Å². The van der Waals surface area contributed by atoms with Crippen molar-refractivity contribution in [2.45, 2.75) is 12.2 Å². The van der Waals surface area contributed by atoms with Crippen LogP contribution in [0.15, 0.2) is 121 Å². The molecule has 1 N–H and O–H groups in total. The van der Waals surface area contributed by atoms with Gasteiger partial charge < -0.3 is 9.84 Å². The first-order valence-corrected chi connectivity index (χ1v) is 11.5. The van der Waals surface area contributed by atoms with Crippen LogP contribution < -0.4 is 4.74 Å². The molecule has 2 nitrogen and oxygen atoms in total. The fourth-order valence-corrected chi connectivity index (χ4v) is 5.11. The minimum absolute atomic E-state index is 0.0746. The second kappa shape index (κ2) is 8.33. The van der Waals surface area contributed by atoms with E-state index < -0.39 is 5.60 Å². The Morgan fingerprint density at radius 2 is 1.15 bits per heavy atom. The van der Waals surface area contributed by atoms with E-state index in [1.807, 2.05) is 66.7 Å². The summed E-state index contributed by atoms with van der Waals surface area (Å²) in [5.41, 5.74) is 5.31. The van der Waals surface area contributed by atoms with Crippen LogP contribution >= 0.6 is 0 Å². The number of benzene rings is 5. The zero-order chi connectivity index (χ0) is 23.0. The lowest BCUT2D eigenvalue weighted by molar-refractivity contribution is 0.163. The van der Waals surface area contributed by atoms with Gasteiger partial charge in [0.05, 0.1) is 6.61 Å². The molecule has 0 aromatic heterocycles. The van der Waals surface area contributed by atoms with Crippen LogP contribution in [0.2, 0.25) is 0 Å². The highest BCUT2D eigenvalue weighted by Crippen LogP contribution is 2.49. The fraction of sp³-hybridized carbons (Fsp3) is 0.0625. The molecule has 2 heteroatoms. The number of aliphatic hydroxyl groups is 1. The van der Waals surface area contributed by atoms with Crippen molar-refractivity contribution in [3.63, 3.8) is 0 Å². The predicted molar refractivity (Wildman–Crippen MR) is 139 cm³/mol. The molecule has 0 unspecified atom stereocenters. The summed E-state index contributed by atoms with van der Waals surface area (Å²) in [5.74, 6) is 0.800. The quantitative estimate of drug-likeness (QED) is 0.317. The van der Waals surface area contributed by atoms with Crippen LogP contribution in [0.4, 0.5) is 0 Å². The number of hydrogen-bond donors (Lipinski definition) is 1. The van der Waals surface area contributed by atoms with Crippen LogP contribution in [0.3, 0.4) is 0 Å². The average Bonchev–Trinajstić information content (AvgIpc) is 2.93. The van der Waals surface area contributed by atoms with E-state index in [2.05, 4.69) is 60.7 Å². The van der Waals surface area contributed by atoms with Gasteiger partial charge in [-0.15, -0.1) is 0 Å². The minimum Gasteiger partial charge on any atom is -0.472 e. The number of fused-ring (bicyclic) bond motifs is 3. The Bertz CT molecular complexity index is 1450. The average molecular weight is 441 g/mol. The Morgan fingerprint density at radius 1 is 0.618 bits per heavy atom. The zero-order valence-electron chi connectivity index (χ0n) is 18.7. The highest BCUT2D eigenvalue weighted by atomic mass is 16.5. The van der Waals surface area contributed by atoms with Gasteiger partial charge in [0.25, 0.3) is 0 Å². The molecule has 1 aliphatic heterocycles. The molecule has 0 atom stereocenters. The maximum absolute atomic E-state index is 10.6. The summed E-state index contributed by atoms with van der Waals surface area (Å²) in [6.45, 7) is -0.0746. The second-order valence-corrected chi connectivity index (χ2v) is 8.57. The summed E-state index contributed by atoms with van der Waals surface area (Å²) in [4.78, 5) is 0. The van der Waals surface area contributed by atoms with Gasteiger partial charge >= 0.3 is 0 Å². The maximum Gasteiger partial charge on any atom is 0.178 e. The fourth-order valence-electron chi connectivity index (χ4n) is 5.11. The molecule has 5 aromatic carbocycles. The van der Waals surface area contributed by atoms with Gasteiger partial charge in [0, 0.05) is 22.1 Å². The standard InChI is InChI=1S/C32H24O2/c33-22-29-28-20-21-32(24-14-6-2-7-15-24,25-16-8-3-9-17-25)34-31(28)27-19-11-10-18-26(27)30(29)23-12-4-1-5-13-23/h1-21,33H,22H2. The SMILES string of the molecule is OCc1c2c(c3ccccc3c1-c1ccccc1)OC(c1ccccc1)(c1ccccc1)C=C2. The molecule has 34 heavy (non-hydrogen) atoms. The van der Waals surface area contributed by atoms with Crippen LogP contribution in [0.1, 0.15) is 22.3 Å². The van der Waals surface area contributed by atoms with Gasteiger partial charge in [-0.2, -0.15) is 0 Å². The molecule has 1 heterocycles. The molecular formula is C32H24O2. The van der Waals surface area contributed by atoms with E-state index in [9.17, 15) is 5.11 Å². The van der Waals surface area contributed by atoms with E-state index >= 15 is 0 Å². The molecule has 0 fully saturated rings. The number of rotatable bonds is 4. The molecule has 0 aliphatic carbocycles. The van der Waals surface area contributed by atoms with Crippen molar-refractivity contribution in [2.24, 2.45) is 0 Å². The summed E-state index contributed by atoms with van der Waals surface area (Å²) in [5, 5.41) is 12.7. The Kier molecular flexibility index (Phi) is 5.01. The van der Waals surface area contributed by atoms with E-state index in [1.54, 1.807) is 0 Å². The van der Waals surface area contributed by atoms with Crippen molar-refractivity contribution in [1.82, 2.24) is 0 Å². The van der Waals surface area contributed by atoms with Crippen LogP contribution in [0, 0.1) is 0 Å². The summed E-state index contributed by atoms with van der Waals surface area (Å²) in [6, 6.07) is 39.2. The Balaban J connectivity index is 1.67. The van der Waals surface area contributed by atoms with E-state index in [0.717, 1.165) is 49.9 Å². The maximum atomic E-state index is 10.6. The van der Waals surface area contributed by atoms with E-state index in [1.165, 1.54) is 0 Å². The second-order valence-electron chi connectivity index (χ2n) is 8.57. The van der Waals surface area contributed by atoms with Gasteiger partial charge in [-0.3, -0.25) is 0 Å². The van der Waals surface area contributed by atoms with E-state index in [0.29, 0.717) is 0 Å². The van der Waals surface area contributed by atoms with Crippen LogP contribution in [0.5, 0.6) is 5.75 Å². The lowest BCUT2D eigenvalue weighted by Gasteiger charge is -2.37. The van der Waals surface area contributed by atoms with Crippen molar-refractivity contribution >= 4 is 16.8 Å². The van der Waals surface area contributed by atoms with Crippen LogP contribution in [-0.4, -0.2) is 5.11 Å². The van der Waals surface area contributed by atoms with Gasteiger partial charge in [-0.05, 0) is 28.2 Å².